The van der Waals surface area contributed by atoms with Gasteiger partial charge in [-0.3, -0.25) is 4.79 Å². The molecule has 1 saturated carbocycles. The standard InChI is InChI=1S/C19H20N6O2/c1-25-18(13-8-5-11-27-13)24-16-17(20)22-14(23-19(16)25)9-10-15(26)21-12-6-3-2-4-7-12/h5,8,11-12H,2-4,6-7H2,1H3,(H,21,26)(H2,20,22,23). The first-order chi connectivity index (χ1) is 13.1. The van der Waals surface area contributed by atoms with Crippen LogP contribution in [0.2, 0.25) is 0 Å². The molecule has 27 heavy (non-hydrogen) atoms. The highest BCUT2D eigenvalue weighted by molar-refractivity contribution is 5.94. The van der Waals surface area contributed by atoms with E-state index in [2.05, 4.69) is 32.1 Å². The van der Waals surface area contributed by atoms with E-state index in [0.29, 0.717) is 22.7 Å². The van der Waals surface area contributed by atoms with E-state index < -0.39 is 0 Å². The second kappa shape index (κ2) is 7.11. The quantitative estimate of drug-likeness (QED) is 0.673. The first-order valence-corrected chi connectivity index (χ1v) is 8.98. The summed E-state index contributed by atoms with van der Waals surface area (Å²) in [5.41, 5.74) is 7.03. The van der Waals surface area contributed by atoms with Crippen molar-refractivity contribution in [1.29, 1.82) is 0 Å². The number of aromatic nitrogens is 4. The molecule has 3 heterocycles. The number of nitrogens with zero attached hydrogens (tertiary/aromatic N) is 4. The summed E-state index contributed by atoms with van der Waals surface area (Å²) in [5.74, 6) is 6.56. The molecule has 4 rings (SSSR count). The molecule has 8 nitrogen and oxygen atoms in total. The molecule has 3 N–H and O–H groups in total. The minimum absolute atomic E-state index is 0.188. The summed E-state index contributed by atoms with van der Waals surface area (Å²) in [6.45, 7) is 0. The van der Waals surface area contributed by atoms with E-state index in [0.717, 1.165) is 25.7 Å². The topological polar surface area (TPSA) is 112 Å². The fourth-order valence-electron chi connectivity index (χ4n) is 3.35. The molecule has 1 aliphatic rings. The van der Waals surface area contributed by atoms with E-state index in [-0.39, 0.29) is 23.6 Å². The number of rotatable bonds is 2. The van der Waals surface area contributed by atoms with Gasteiger partial charge in [0.25, 0.3) is 5.91 Å². The zero-order valence-corrected chi connectivity index (χ0v) is 15.0. The molecule has 1 amide bonds. The van der Waals surface area contributed by atoms with Crippen LogP contribution in [0.1, 0.15) is 37.9 Å². The van der Waals surface area contributed by atoms with Crippen molar-refractivity contribution in [3.63, 3.8) is 0 Å². The van der Waals surface area contributed by atoms with Crippen molar-refractivity contribution in [2.45, 2.75) is 38.1 Å². The average Bonchev–Trinajstić information content (AvgIpc) is 3.30. The zero-order chi connectivity index (χ0) is 18.8. The van der Waals surface area contributed by atoms with Gasteiger partial charge in [0.15, 0.2) is 28.6 Å². The number of carbonyl (C=O) groups excluding carboxylic acids is 1. The lowest BCUT2D eigenvalue weighted by molar-refractivity contribution is -0.116. The Morgan fingerprint density at radius 1 is 1.30 bits per heavy atom. The maximum atomic E-state index is 12.1. The number of nitrogen functional groups attached to an aromatic ring is 1. The van der Waals surface area contributed by atoms with Gasteiger partial charge in [-0.05, 0) is 30.9 Å². The van der Waals surface area contributed by atoms with E-state index in [9.17, 15) is 4.79 Å². The van der Waals surface area contributed by atoms with E-state index in [4.69, 9.17) is 10.2 Å². The predicted molar refractivity (Wildman–Crippen MR) is 100 cm³/mol. The molecular weight excluding hydrogens is 344 g/mol. The Hall–Kier alpha value is -3.34. The Balaban J connectivity index is 1.60. The van der Waals surface area contributed by atoms with Gasteiger partial charge >= 0.3 is 0 Å². The van der Waals surface area contributed by atoms with Crippen LogP contribution in [-0.2, 0) is 11.8 Å². The van der Waals surface area contributed by atoms with Crippen molar-refractivity contribution in [2.75, 3.05) is 5.73 Å². The van der Waals surface area contributed by atoms with E-state index in [1.165, 1.54) is 6.42 Å². The van der Waals surface area contributed by atoms with Crippen LogP contribution >= 0.6 is 0 Å². The first kappa shape index (κ1) is 17.1. The van der Waals surface area contributed by atoms with Crippen molar-refractivity contribution in [2.24, 2.45) is 7.05 Å². The fourth-order valence-corrected chi connectivity index (χ4v) is 3.35. The Labute approximate surface area is 156 Å². The van der Waals surface area contributed by atoms with Gasteiger partial charge in [-0.1, -0.05) is 19.3 Å². The SMILES string of the molecule is Cn1c(-c2ccco2)nc2c(N)nc(C#CC(=O)NC3CCCCC3)nc21. The lowest BCUT2D eigenvalue weighted by atomic mass is 9.95. The van der Waals surface area contributed by atoms with Crippen LogP contribution in [0, 0.1) is 11.8 Å². The van der Waals surface area contributed by atoms with Gasteiger partial charge < -0.3 is 20.0 Å². The minimum atomic E-state index is -0.314. The average molecular weight is 364 g/mol. The third kappa shape index (κ3) is 3.49. The number of hydrogen-bond acceptors (Lipinski definition) is 6. The Kier molecular flexibility index (Phi) is 4.50. The fraction of sp³-hybridized carbons (Fsp3) is 0.368. The second-order valence-electron chi connectivity index (χ2n) is 6.63. The number of nitrogens with one attached hydrogen (secondary N) is 1. The summed E-state index contributed by atoms with van der Waals surface area (Å²) in [7, 11) is 1.81. The first-order valence-electron chi connectivity index (χ1n) is 8.98. The third-order valence-electron chi connectivity index (χ3n) is 4.72. The molecule has 0 spiro atoms. The third-order valence-corrected chi connectivity index (χ3v) is 4.72. The number of anilines is 1. The van der Waals surface area contributed by atoms with Crippen molar-refractivity contribution in [3.8, 4) is 23.4 Å². The molecule has 3 aromatic heterocycles. The molecule has 0 bridgehead atoms. The van der Waals surface area contributed by atoms with E-state index in [1.807, 2.05) is 7.05 Å². The van der Waals surface area contributed by atoms with Gasteiger partial charge in [-0.15, -0.1) is 0 Å². The highest BCUT2D eigenvalue weighted by atomic mass is 16.3. The van der Waals surface area contributed by atoms with Gasteiger partial charge in [0.1, 0.15) is 0 Å². The number of hydrogen-bond donors (Lipinski definition) is 2. The van der Waals surface area contributed by atoms with Crippen molar-refractivity contribution in [1.82, 2.24) is 24.8 Å². The maximum Gasteiger partial charge on any atom is 0.296 e. The van der Waals surface area contributed by atoms with Crippen LogP contribution in [0.5, 0.6) is 0 Å². The zero-order valence-electron chi connectivity index (χ0n) is 15.0. The molecule has 138 valence electrons. The Morgan fingerprint density at radius 3 is 2.85 bits per heavy atom. The lowest BCUT2D eigenvalue weighted by Crippen LogP contribution is -2.35. The van der Waals surface area contributed by atoms with Crippen LogP contribution in [0.3, 0.4) is 0 Å². The predicted octanol–water partition coefficient (Wildman–Crippen LogP) is 2.01. The summed E-state index contributed by atoms with van der Waals surface area (Å²) < 4.78 is 7.16. The van der Waals surface area contributed by atoms with Gasteiger partial charge in [0.05, 0.1) is 6.26 Å². The normalized spacial score (nSPS) is 14.7. The van der Waals surface area contributed by atoms with Gasteiger partial charge in [-0.25, -0.2) is 15.0 Å². The number of amides is 1. The number of nitrogens with two attached hydrogens (primary N) is 1. The number of fused-ring (bicyclic) bond motifs is 1. The molecule has 0 aliphatic heterocycles. The summed E-state index contributed by atoms with van der Waals surface area (Å²) in [5, 5.41) is 2.95. The summed E-state index contributed by atoms with van der Waals surface area (Å²) in [4.78, 5) is 25.1. The highest BCUT2D eigenvalue weighted by Gasteiger charge is 2.17. The molecule has 8 heteroatoms. The number of imidazole rings is 1. The lowest BCUT2D eigenvalue weighted by Gasteiger charge is -2.21. The summed E-state index contributed by atoms with van der Waals surface area (Å²) in [6, 6.07) is 3.80. The van der Waals surface area contributed by atoms with E-state index >= 15 is 0 Å². The minimum Gasteiger partial charge on any atom is -0.461 e. The molecule has 3 aromatic rings. The summed E-state index contributed by atoms with van der Waals surface area (Å²) >= 11 is 0. The molecule has 0 unspecified atom stereocenters. The number of furan rings is 1. The summed E-state index contributed by atoms with van der Waals surface area (Å²) in [6.07, 6.45) is 7.11. The smallest absolute Gasteiger partial charge is 0.296 e. The Morgan fingerprint density at radius 2 is 2.11 bits per heavy atom. The molecule has 0 saturated heterocycles. The van der Waals surface area contributed by atoms with Gasteiger partial charge in [0, 0.05) is 19.0 Å². The van der Waals surface area contributed by atoms with Crippen LogP contribution in [0.25, 0.3) is 22.7 Å². The van der Waals surface area contributed by atoms with Crippen LogP contribution in [-0.4, -0.2) is 31.5 Å². The highest BCUT2D eigenvalue weighted by Crippen LogP contribution is 2.25. The number of aryl methyl sites for hydroxylation is 1. The van der Waals surface area contributed by atoms with Crippen LogP contribution in [0.15, 0.2) is 22.8 Å². The largest absolute Gasteiger partial charge is 0.461 e. The molecule has 0 aromatic carbocycles. The number of carbonyl (C=O) groups is 1. The van der Waals surface area contributed by atoms with Crippen molar-refractivity contribution < 1.29 is 9.21 Å². The Bertz CT molecular complexity index is 1040. The van der Waals surface area contributed by atoms with Crippen LogP contribution in [0.4, 0.5) is 5.82 Å². The molecule has 0 radical (unpaired) electrons. The molecule has 1 fully saturated rings. The van der Waals surface area contributed by atoms with Crippen molar-refractivity contribution in [3.05, 3.63) is 24.2 Å². The molecule has 1 aliphatic carbocycles. The van der Waals surface area contributed by atoms with Crippen LogP contribution < -0.4 is 11.1 Å². The molecular formula is C19H20N6O2. The van der Waals surface area contributed by atoms with Gasteiger partial charge in [-0.2, -0.15) is 0 Å². The van der Waals surface area contributed by atoms with E-state index in [1.54, 1.807) is 23.0 Å². The monoisotopic (exact) mass is 364 g/mol. The maximum absolute atomic E-state index is 12.1. The van der Waals surface area contributed by atoms with Gasteiger partial charge in [0.2, 0.25) is 5.82 Å². The second-order valence-corrected chi connectivity index (χ2v) is 6.63. The molecule has 0 atom stereocenters. The van der Waals surface area contributed by atoms with Crippen molar-refractivity contribution >= 4 is 22.9 Å².